The molecule has 9 nitrogen and oxygen atoms in total. The lowest BCUT2D eigenvalue weighted by Crippen LogP contribution is -2.29. The number of aryl methyl sites for hydroxylation is 1. The highest BCUT2D eigenvalue weighted by Crippen LogP contribution is 2.46. The molecule has 1 aromatic heterocycles. The summed E-state index contributed by atoms with van der Waals surface area (Å²) in [6.07, 6.45) is 0.889. The number of sulfone groups is 1. The topological polar surface area (TPSA) is 109 Å². The van der Waals surface area contributed by atoms with Crippen LogP contribution in [0.25, 0.3) is 0 Å². The Balaban J connectivity index is 1.52. The highest BCUT2D eigenvalue weighted by molar-refractivity contribution is 8.06. The first-order valence-electron chi connectivity index (χ1n) is 15.6. The molecule has 0 aliphatic carbocycles. The third-order valence-electron chi connectivity index (χ3n) is 8.53. The first kappa shape index (κ1) is 33.2. The molecule has 3 aliphatic heterocycles. The van der Waals surface area contributed by atoms with E-state index in [1.807, 2.05) is 19.9 Å². The van der Waals surface area contributed by atoms with Crippen LogP contribution in [0.2, 0.25) is 0 Å². The zero-order valence-electron chi connectivity index (χ0n) is 26.8. The Labute approximate surface area is 263 Å². The number of aliphatic imine (C=N–C) groups is 1. The van der Waals surface area contributed by atoms with E-state index in [1.54, 1.807) is 19.9 Å². The van der Waals surface area contributed by atoms with Crippen molar-refractivity contribution in [1.29, 1.82) is 0 Å². The number of anilines is 3. The van der Waals surface area contributed by atoms with Gasteiger partial charge in [0, 0.05) is 24.7 Å². The fourth-order valence-electron chi connectivity index (χ4n) is 6.47. The van der Waals surface area contributed by atoms with Crippen LogP contribution in [0, 0.1) is 18.8 Å². The van der Waals surface area contributed by atoms with Crippen molar-refractivity contribution in [3.63, 3.8) is 0 Å². The van der Waals surface area contributed by atoms with Gasteiger partial charge in [0.05, 0.1) is 17.1 Å². The van der Waals surface area contributed by atoms with Gasteiger partial charge in [0.15, 0.2) is 14.9 Å². The average Bonchev–Trinajstić information content (AvgIpc) is 3.21. The van der Waals surface area contributed by atoms with E-state index in [2.05, 4.69) is 44.5 Å². The second kappa shape index (κ2) is 12.9. The van der Waals surface area contributed by atoms with Crippen molar-refractivity contribution in [2.24, 2.45) is 16.8 Å². The van der Waals surface area contributed by atoms with Gasteiger partial charge >= 0.3 is 6.18 Å². The molecule has 1 unspecified atom stereocenters. The molecule has 0 saturated carbocycles. The van der Waals surface area contributed by atoms with Crippen molar-refractivity contribution < 1.29 is 26.3 Å². The summed E-state index contributed by atoms with van der Waals surface area (Å²) in [6.45, 7) is 11.7. The summed E-state index contributed by atoms with van der Waals surface area (Å²) in [5.41, 5.74) is 2.97. The minimum atomic E-state index is -4.79. The zero-order valence-corrected chi connectivity index (χ0v) is 27.6. The summed E-state index contributed by atoms with van der Waals surface area (Å²) in [5, 5.41) is 5.58. The van der Waals surface area contributed by atoms with Crippen molar-refractivity contribution in [3.8, 4) is 5.75 Å². The Kier molecular flexibility index (Phi) is 9.51. The number of piperidine rings is 1. The molecule has 2 N–H and O–H groups in total. The summed E-state index contributed by atoms with van der Waals surface area (Å²) < 4.78 is 75.4. The maximum Gasteiger partial charge on any atom is 0.421 e. The second-order valence-corrected chi connectivity index (χ2v) is 15.0. The number of allylic oxidation sites excluding steroid dienone is 1. The van der Waals surface area contributed by atoms with Gasteiger partial charge < -0.3 is 20.3 Å². The maximum atomic E-state index is 14.2. The van der Waals surface area contributed by atoms with Crippen molar-refractivity contribution in [1.82, 2.24) is 14.9 Å². The van der Waals surface area contributed by atoms with Crippen LogP contribution in [0.3, 0.4) is 0 Å². The molecular formula is C32H43F3N6O3S. The van der Waals surface area contributed by atoms with Crippen molar-refractivity contribution >= 4 is 32.3 Å². The summed E-state index contributed by atoms with van der Waals surface area (Å²) in [4.78, 5) is 14.9. The summed E-state index contributed by atoms with van der Waals surface area (Å²) in [6, 6.07) is 1.96. The minimum Gasteiger partial charge on any atom is -0.488 e. The summed E-state index contributed by atoms with van der Waals surface area (Å²) in [5.74, 6) is -0.0425. The van der Waals surface area contributed by atoms with E-state index in [-0.39, 0.29) is 46.9 Å². The molecule has 1 saturated heterocycles. The highest BCUT2D eigenvalue weighted by atomic mass is 32.2. The molecule has 1 aromatic carbocycles. The fraction of sp³-hybridized carbons (Fsp3) is 0.594. The predicted molar refractivity (Wildman–Crippen MR) is 171 cm³/mol. The Bertz CT molecular complexity index is 1600. The minimum absolute atomic E-state index is 0.00725. The second-order valence-electron chi connectivity index (χ2n) is 13.1. The Hall–Kier alpha value is -3.19. The lowest BCUT2D eigenvalue weighted by Gasteiger charge is -2.31. The predicted octanol–water partition coefficient (Wildman–Crippen LogP) is 6.48. The smallest absolute Gasteiger partial charge is 0.421 e. The van der Waals surface area contributed by atoms with Crippen LogP contribution in [0.4, 0.5) is 30.6 Å². The molecule has 0 spiro atoms. The van der Waals surface area contributed by atoms with Crippen LogP contribution in [0.1, 0.15) is 75.1 Å². The zero-order chi connectivity index (χ0) is 32.7. The standard InChI is InChI=1S/C32H43F3N6O3S/c1-18(2)17-45(42,43)30-26(13-19(3)7-10-36-30)38-29-24(32(33,34)35)16-37-31(40-29)39-25-14-20(4)27(22-8-11-41(6)12-9-22)23-15-21(5)44-28(23)25/h13-14,16,18-19,21-22H,7-12,15,17H2,1-6H3,(H2,37,38,39,40)/t19?,21-/m1/s1. The maximum absolute atomic E-state index is 14.2. The number of benzene rings is 1. The van der Waals surface area contributed by atoms with Crippen LogP contribution in [-0.2, 0) is 22.4 Å². The summed E-state index contributed by atoms with van der Waals surface area (Å²) >= 11 is 0. The van der Waals surface area contributed by atoms with E-state index in [1.165, 1.54) is 5.56 Å². The molecular weight excluding hydrogens is 605 g/mol. The molecule has 2 atom stereocenters. The Morgan fingerprint density at radius 1 is 1.13 bits per heavy atom. The summed E-state index contributed by atoms with van der Waals surface area (Å²) in [7, 11) is -1.75. The van der Waals surface area contributed by atoms with Crippen LogP contribution in [0.5, 0.6) is 5.75 Å². The van der Waals surface area contributed by atoms with E-state index in [9.17, 15) is 21.6 Å². The molecule has 4 heterocycles. The van der Waals surface area contributed by atoms with Gasteiger partial charge in [0.2, 0.25) is 5.95 Å². The molecule has 45 heavy (non-hydrogen) atoms. The number of nitrogens with zero attached hydrogens (tertiary/aromatic N) is 4. The van der Waals surface area contributed by atoms with Crippen LogP contribution >= 0.6 is 0 Å². The van der Waals surface area contributed by atoms with E-state index >= 15 is 0 Å². The number of alkyl halides is 3. The van der Waals surface area contributed by atoms with Gasteiger partial charge in [-0.3, -0.25) is 4.99 Å². The number of halogens is 3. The number of fused-ring (bicyclic) bond motifs is 1. The van der Waals surface area contributed by atoms with Crippen LogP contribution in [-0.4, -0.2) is 66.9 Å². The first-order chi connectivity index (χ1) is 21.1. The van der Waals surface area contributed by atoms with Crippen LogP contribution < -0.4 is 15.4 Å². The van der Waals surface area contributed by atoms with Gasteiger partial charge in [0.1, 0.15) is 23.2 Å². The monoisotopic (exact) mass is 648 g/mol. The molecule has 13 heteroatoms. The van der Waals surface area contributed by atoms with Crippen molar-refractivity contribution in [3.05, 3.63) is 46.3 Å². The number of ether oxygens (including phenoxy) is 1. The molecule has 246 valence electrons. The number of rotatable bonds is 7. The number of hydrogen-bond acceptors (Lipinski definition) is 9. The van der Waals surface area contributed by atoms with Gasteiger partial charge in [-0.25, -0.2) is 13.4 Å². The van der Waals surface area contributed by atoms with Crippen molar-refractivity contribution in [2.75, 3.05) is 43.1 Å². The highest BCUT2D eigenvalue weighted by Gasteiger charge is 2.37. The lowest BCUT2D eigenvalue weighted by atomic mass is 9.82. The number of hydrogen-bond donors (Lipinski definition) is 2. The molecule has 0 amide bonds. The average molecular weight is 649 g/mol. The molecule has 2 aromatic rings. The lowest BCUT2D eigenvalue weighted by molar-refractivity contribution is -0.137. The van der Waals surface area contributed by atoms with E-state index in [0.717, 1.165) is 43.5 Å². The number of likely N-dealkylation sites (tertiary alicyclic amines) is 1. The number of nitrogens with one attached hydrogen (secondary N) is 2. The third-order valence-corrected chi connectivity index (χ3v) is 10.6. The third kappa shape index (κ3) is 7.45. The fourth-order valence-corrected chi connectivity index (χ4v) is 8.25. The van der Waals surface area contributed by atoms with Crippen molar-refractivity contribution in [2.45, 2.75) is 78.5 Å². The van der Waals surface area contributed by atoms with Gasteiger partial charge in [0.25, 0.3) is 0 Å². The normalized spacial score (nSPS) is 21.6. The Morgan fingerprint density at radius 3 is 2.51 bits per heavy atom. The van der Waals surface area contributed by atoms with E-state index in [4.69, 9.17) is 4.74 Å². The van der Waals surface area contributed by atoms with E-state index in [0.29, 0.717) is 30.0 Å². The SMILES string of the molecule is Cc1cc(Nc2ncc(C(F)(F)F)c(NC3=CC(C)CCN=C3S(=O)(=O)CC(C)C)n2)c2c(c1C1CCN(C)CC1)C[C@@H](C)O2. The van der Waals surface area contributed by atoms with Gasteiger partial charge in [-0.05, 0) is 88.2 Å². The molecule has 0 bridgehead atoms. The van der Waals surface area contributed by atoms with Gasteiger partial charge in [-0.2, -0.15) is 18.2 Å². The molecule has 1 fully saturated rings. The molecule has 0 radical (unpaired) electrons. The van der Waals surface area contributed by atoms with Crippen LogP contribution in [0.15, 0.2) is 29.0 Å². The van der Waals surface area contributed by atoms with E-state index < -0.39 is 27.4 Å². The van der Waals surface area contributed by atoms with Gasteiger partial charge in [-0.15, -0.1) is 0 Å². The van der Waals surface area contributed by atoms with Gasteiger partial charge in [-0.1, -0.05) is 26.8 Å². The molecule has 3 aliphatic rings. The first-order valence-corrected chi connectivity index (χ1v) is 17.3. The number of aromatic nitrogens is 2. The largest absolute Gasteiger partial charge is 0.488 e. The quantitative estimate of drug-likeness (QED) is 0.351. The Morgan fingerprint density at radius 2 is 1.84 bits per heavy atom. The molecule has 5 rings (SSSR count).